The molecule has 0 saturated heterocycles. The maximum atomic E-state index is 12.8. The first-order chi connectivity index (χ1) is 13.7. The molecule has 1 aliphatic rings. The number of sulfonamides is 1. The lowest BCUT2D eigenvalue weighted by molar-refractivity contribution is -0.121. The number of hydrogen-bond acceptors (Lipinski definition) is 4. The summed E-state index contributed by atoms with van der Waals surface area (Å²) in [7, 11) is -3.30. The van der Waals surface area contributed by atoms with Crippen LogP contribution in [0.1, 0.15) is 45.6 Å². The highest BCUT2D eigenvalue weighted by molar-refractivity contribution is 7.90. The summed E-state index contributed by atoms with van der Waals surface area (Å²) in [5.41, 5.74) is 2.73. The smallest absolute Gasteiger partial charge is 0.227 e. The lowest BCUT2D eigenvalue weighted by atomic mass is 9.79. The number of carbonyl (C=O) groups excluding carboxylic acids is 1. The molecule has 158 valence electrons. The zero-order valence-electron chi connectivity index (χ0n) is 17.4. The molecule has 1 saturated carbocycles. The van der Waals surface area contributed by atoms with Crippen LogP contribution < -0.4 is 10.0 Å². The molecule has 0 aliphatic heterocycles. The number of nitrogens with one attached hydrogen (secondary N) is 2. The van der Waals surface area contributed by atoms with E-state index in [2.05, 4.69) is 10.0 Å². The molecule has 29 heavy (non-hydrogen) atoms. The minimum atomic E-state index is -3.30. The van der Waals surface area contributed by atoms with Crippen molar-refractivity contribution in [3.63, 3.8) is 0 Å². The largest absolute Gasteiger partial charge is 0.464 e. The van der Waals surface area contributed by atoms with Gasteiger partial charge in [0.25, 0.3) is 0 Å². The van der Waals surface area contributed by atoms with Gasteiger partial charge in [0.1, 0.15) is 5.76 Å². The van der Waals surface area contributed by atoms with E-state index in [0.717, 1.165) is 22.6 Å². The van der Waals surface area contributed by atoms with Gasteiger partial charge in [0.2, 0.25) is 15.9 Å². The SMILES string of the molecule is Cc1cc(-c2ccco2)ccc1NC(=O)C1CCC(NS(=O)(=O)C(C)C)C(C)C1. The van der Waals surface area contributed by atoms with Gasteiger partial charge in [0.05, 0.1) is 11.5 Å². The second kappa shape index (κ2) is 8.71. The molecule has 1 fully saturated rings. The summed E-state index contributed by atoms with van der Waals surface area (Å²) in [5.74, 6) is 0.780. The van der Waals surface area contributed by atoms with Crippen LogP contribution in [0, 0.1) is 18.8 Å². The van der Waals surface area contributed by atoms with Crippen LogP contribution >= 0.6 is 0 Å². The third kappa shape index (κ3) is 5.08. The molecule has 0 spiro atoms. The number of carbonyl (C=O) groups is 1. The molecule has 3 atom stereocenters. The number of hydrogen-bond donors (Lipinski definition) is 2. The van der Waals surface area contributed by atoms with E-state index in [1.807, 2.05) is 44.2 Å². The van der Waals surface area contributed by atoms with Gasteiger partial charge in [-0.3, -0.25) is 4.79 Å². The first kappa shape index (κ1) is 21.6. The average molecular weight is 419 g/mol. The molecule has 0 radical (unpaired) electrons. The van der Waals surface area contributed by atoms with E-state index >= 15 is 0 Å². The van der Waals surface area contributed by atoms with Crippen LogP contribution in [0.4, 0.5) is 5.69 Å². The molecule has 0 bridgehead atoms. The minimum Gasteiger partial charge on any atom is -0.464 e. The highest BCUT2D eigenvalue weighted by atomic mass is 32.2. The van der Waals surface area contributed by atoms with Crippen LogP contribution in [0.3, 0.4) is 0 Å². The van der Waals surface area contributed by atoms with Crippen LogP contribution in [0.15, 0.2) is 41.0 Å². The molecule has 3 unspecified atom stereocenters. The summed E-state index contributed by atoms with van der Waals surface area (Å²) in [6, 6.07) is 9.47. The average Bonchev–Trinajstić information content (AvgIpc) is 3.19. The number of benzene rings is 1. The van der Waals surface area contributed by atoms with E-state index in [-0.39, 0.29) is 23.8 Å². The zero-order valence-corrected chi connectivity index (χ0v) is 18.3. The number of anilines is 1. The van der Waals surface area contributed by atoms with Crippen molar-refractivity contribution in [1.82, 2.24) is 4.72 Å². The molecular formula is C22H30N2O4S. The highest BCUT2D eigenvalue weighted by Gasteiger charge is 2.34. The number of amides is 1. The zero-order chi connectivity index (χ0) is 21.2. The Morgan fingerprint density at radius 3 is 2.55 bits per heavy atom. The van der Waals surface area contributed by atoms with E-state index < -0.39 is 15.3 Å². The van der Waals surface area contributed by atoms with Gasteiger partial charge in [-0.05, 0) is 81.8 Å². The van der Waals surface area contributed by atoms with Crippen molar-refractivity contribution in [2.24, 2.45) is 11.8 Å². The monoisotopic (exact) mass is 418 g/mol. The van der Waals surface area contributed by atoms with Gasteiger partial charge in [-0.1, -0.05) is 6.92 Å². The molecule has 1 aromatic heterocycles. The van der Waals surface area contributed by atoms with Crippen LogP contribution in [-0.4, -0.2) is 25.6 Å². The normalized spacial score (nSPS) is 22.6. The van der Waals surface area contributed by atoms with E-state index in [4.69, 9.17) is 4.42 Å². The van der Waals surface area contributed by atoms with Gasteiger partial charge in [0, 0.05) is 23.2 Å². The molecule has 1 amide bonds. The Balaban J connectivity index is 1.61. The summed E-state index contributed by atoms with van der Waals surface area (Å²) in [5, 5.41) is 2.59. The molecule has 2 aromatic rings. The van der Waals surface area contributed by atoms with Crippen molar-refractivity contribution in [1.29, 1.82) is 0 Å². The van der Waals surface area contributed by atoms with E-state index in [1.54, 1.807) is 20.1 Å². The first-order valence-electron chi connectivity index (χ1n) is 10.1. The van der Waals surface area contributed by atoms with Crippen LogP contribution in [0.2, 0.25) is 0 Å². The van der Waals surface area contributed by atoms with Crippen molar-refractivity contribution < 1.29 is 17.6 Å². The summed E-state index contributed by atoms with van der Waals surface area (Å²) < 4.78 is 32.5. The second-order valence-electron chi connectivity index (χ2n) is 8.30. The Labute approximate surface area is 173 Å². The fourth-order valence-corrected chi connectivity index (χ4v) is 4.84. The van der Waals surface area contributed by atoms with Gasteiger partial charge in [-0.2, -0.15) is 0 Å². The summed E-state index contributed by atoms with van der Waals surface area (Å²) >= 11 is 0. The third-order valence-corrected chi connectivity index (χ3v) is 7.64. The van der Waals surface area contributed by atoms with Crippen molar-refractivity contribution in [2.45, 2.75) is 58.2 Å². The minimum absolute atomic E-state index is 0.00383. The maximum absolute atomic E-state index is 12.8. The molecule has 3 rings (SSSR count). The predicted molar refractivity (Wildman–Crippen MR) is 115 cm³/mol. The van der Waals surface area contributed by atoms with E-state index in [0.29, 0.717) is 19.3 Å². The van der Waals surface area contributed by atoms with Crippen molar-refractivity contribution >= 4 is 21.6 Å². The third-order valence-electron chi connectivity index (χ3n) is 5.77. The molecule has 6 nitrogen and oxygen atoms in total. The lowest BCUT2D eigenvalue weighted by Crippen LogP contribution is -2.46. The van der Waals surface area contributed by atoms with Gasteiger partial charge < -0.3 is 9.73 Å². The number of furan rings is 1. The molecule has 2 N–H and O–H groups in total. The molecule has 7 heteroatoms. The summed E-state index contributed by atoms with van der Waals surface area (Å²) in [6.07, 6.45) is 3.65. The summed E-state index contributed by atoms with van der Waals surface area (Å²) in [6.45, 7) is 7.32. The Kier molecular flexibility index (Phi) is 6.49. The van der Waals surface area contributed by atoms with Crippen molar-refractivity contribution in [3.8, 4) is 11.3 Å². The Morgan fingerprint density at radius 1 is 1.21 bits per heavy atom. The molecule has 1 aliphatic carbocycles. The van der Waals surface area contributed by atoms with Crippen LogP contribution in [0.5, 0.6) is 0 Å². The van der Waals surface area contributed by atoms with Crippen LogP contribution in [-0.2, 0) is 14.8 Å². The quantitative estimate of drug-likeness (QED) is 0.731. The van der Waals surface area contributed by atoms with E-state index in [9.17, 15) is 13.2 Å². The Bertz CT molecular complexity index is 951. The highest BCUT2D eigenvalue weighted by Crippen LogP contribution is 2.32. The fraction of sp³-hybridized carbons (Fsp3) is 0.500. The van der Waals surface area contributed by atoms with Crippen molar-refractivity contribution in [2.75, 3.05) is 5.32 Å². The van der Waals surface area contributed by atoms with Crippen LogP contribution in [0.25, 0.3) is 11.3 Å². The predicted octanol–water partition coefficient (Wildman–Crippen LogP) is 4.33. The van der Waals surface area contributed by atoms with Gasteiger partial charge in [0.15, 0.2) is 0 Å². The fourth-order valence-electron chi connectivity index (χ4n) is 3.79. The van der Waals surface area contributed by atoms with Crippen molar-refractivity contribution in [3.05, 3.63) is 42.2 Å². The number of rotatable bonds is 6. The maximum Gasteiger partial charge on any atom is 0.227 e. The van der Waals surface area contributed by atoms with Gasteiger partial charge in [-0.15, -0.1) is 0 Å². The van der Waals surface area contributed by atoms with E-state index in [1.165, 1.54) is 0 Å². The second-order valence-corrected chi connectivity index (χ2v) is 10.6. The molecular weight excluding hydrogens is 388 g/mol. The molecule has 1 aromatic carbocycles. The van der Waals surface area contributed by atoms with Gasteiger partial charge in [-0.25, -0.2) is 13.1 Å². The standard InChI is InChI=1S/C22H30N2O4S/c1-14(2)29(26,27)24-20-10-8-18(13-16(20)4)22(25)23-19-9-7-17(12-15(19)3)21-6-5-11-28-21/h5-7,9,11-12,14,16,18,20,24H,8,10,13H2,1-4H3,(H,23,25). The number of aryl methyl sites for hydroxylation is 1. The van der Waals surface area contributed by atoms with Gasteiger partial charge >= 0.3 is 0 Å². The topological polar surface area (TPSA) is 88.4 Å². The Morgan fingerprint density at radius 2 is 1.97 bits per heavy atom. The summed E-state index contributed by atoms with van der Waals surface area (Å²) in [4.78, 5) is 12.8. The lowest BCUT2D eigenvalue weighted by Gasteiger charge is -2.34. The Hall–Kier alpha value is -2.12. The molecule has 1 heterocycles. The first-order valence-corrected chi connectivity index (χ1v) is 11.7.